The summed E-state index contributed by atoms with van der Waals surface area (Å²) in [5.41, 5.74) is 1.14. The van der Waals surface area contributed by atoms with Crippen molar-refractivity contribution >= 4 is 17.7 Å². The van der Waals surface area contributed by atoms with E-state index in [1.165, 1.54) is 0 Å². The van der Waals surface area contributed by atoms with Gasteiger partial charge in [0.15, 0.2) is 0 Å². The van der Waals surface area contributed by atoms with E-state index in [0.717, 1.165) is 11.4 Å². The Kier molecular flexibility index (Phi) is 4.49. The van der Waals surface area contributed by atoms with Crippen molar-refractivity contribution in [3.63, 3.8) is 0 Å². The van der Waals surface area contributed by atoms with Gasteiger partial charge in [-0.3, -0.25) is 14.4 Å². The largest absolute Gasteiger partial charge is 0.444 e. The zero-order valence-electron chi connectivity index (χ0n) is 15.6. The number of carbonyl (C=O) groups is 2. The third-order valence-corrected chi connectivity index (χ3v) is 4.67. The zero-order chi connectivity index (χ0) is 18.4. The van der Waals surface area contributed by atoms with E-state index < -0.39 is 5.60 Å². The number of likely N-dealkylation sites (N-methyl/N-ethyl adjacent to an activating group) is 1. The second-order valence-electron chi connectivity index (χ2n) is 7.81. The molecule has 0 aliphatic carbocycles. The van der Waals surface area contributed by atoms with Gasteiger partial charge in [0.2, 0.25) is 5.91 Å². The van der Waals surface area contributed by atoms with Crippen LogP contribution < -0.4 is 10.2 Å². The van der Waals surface area contributed by atoms with E-state index in [-0.39, 0.29) is 24.1 Å². The highest BCUT2D eigenvalue weighted by atomic mass is 16.6. The van der Waals surface area contributed by atoms with E-state index in [2.05, 4.69) is 10.4 Å². The Morgan fingerprint density at radius 1 is 1.36 bits per heavy atom. The minimum absolute atomic E-state index is 0.0190. The molecule has 0 bridgehead atoms. The highest BCUT2D eigenvalue weighted by Crippen LogP contribution is 2.30. The molecule has 3 rings (SSSR count). The van der Waals surface area contributed by atoms with Gasteiger partial charge in [0.1, 0.15) is 5.60 Å². The van der Waals surface area contributed by atoms with Crippen LogP contribution in [-0.2, 0) is 22.6 Å². The SMILES string of the molecule is CNC1CC(=O)N(c2cnn3c2CN(C(=O)OC(C)(C)C)[C@@H](C)C3)C1. The molecule has 8 nitrogen and oxygen atoms in total. The number of fused-ring (bicyclic) bond motifs is 1. The second-order valence-corrected chi connectivity index (χ2v) is 7.81. The molecule has 2 atom stereocenters. The van der Waals surface area contributed by atoms with E-state index in [1.807, 2.05) is 39.4 Å². The van der Waals surface area contributed by atoms with Gasteiger partial charge in [0.25, 0.3) is 0 Å². The Bertz CT molecular complexity index is 678. The summed E-state index contributed by atoms with van der Waals surface area (Å²) < 4.78 is 7.42. The molecule has 2 aliphatic heterocycles. The second kappa shape index (κ2) is 6.33. The first-order valence-corrected chi connectivity index (χ1v) is 8.71. The monoisotopic (exact) mass is 349 g/mol. The van der Waals surface area contributed by atoms with Crippen LogP contribution in [0.1, 0.15) is 39.8 Å². The Balaban J connectivity index is 1.83. The summed E-state index contributed by atoms with van der Waals surface area (Å²) in [6.07, 6.45) is 1.88. The first-order valence-electron chi connectivity index (χ1n) is 8.71. The average Bonchev–Trinajstić information content (AvgIpc) is 3.07. The quantitative estimate of drug-likeness (QED) is 0.872. The summed E-state index contributed by atoms with van der Waals surface area (Å²) >= 11 is 0. The zero-order valence-corrected chi connectivity index (χ0v) is 15.6. The minimum Gasteiger partial charge on any atom is -0.444 e. The molecule has 0 spiro atoms. The average molecular weight is 349 g/mol. The fourth-order valence-corrected chi connectivity index (χ4v) is 3.31. The summed E-state index contributed by atoms with van der Waals surface area (Å²) in [4.78, 5) is 28.4. The predicted octanol–water partition coefficient (Wildman–Crippen LogP) is 1.35. The lowest BCUT2D eigenvalue weighted by Gasteiger charge is -2.36. The van der Waals surface area contributed by atoms with Gasteiger partial charge in [-0.2, -0.15) is 5.10 Å². The number of aromatic nitrogens is 2. The van der Waals surface area contributed by atoms with E-state index in [0.29, 0.717) is 26.1 Å². The number of hydrogen-bond acceptors (Lipinski definition) is 5. The Morgan fingerprint density at radius 3 is 2.68 bits per heavy atom. The summed E-state index contributed by atoms with van der Waals surface area (Å²) in [5.74, 6) is 0.0811. The maximum atomic E-state index is 12.5. The lowest BCUT2D eigenvalue weighted by atomic mass is 10.2. The number of anilines is 1. The van der Waals surface area contributed by atoms with Crippen molar-refractivity contribution in [3.8, 4) is 0 Å². The standard InChI is InChI=1S/C17H27N5O3/c1-11-8-22-14(10-20(11)16(24)25-17(2,3)4)13(7-19-22)21-9-12(18-5)6-15(21)23/h7,11-12,18H,6,8-10H2,1-5H3/t11-,12?/m0/s1. The van der Waals surface area contributed by atoms with Crippen LogP contribution in [0.25, 0.3) is 0 Å². The van der Waals surface area contributed by atoms with Crippen LogP contribution >= 0.6 is 0 Å². The Labute approximate surface area is 148 Å². The molecule has 2 aliphatic rings. The fraction of sp³-hybridized carbons (Fsp3) is 0.706. The van der Waals surface area contributed by atoms with Crippen molar-refractivity contribution in [1.29, 1.82) is 0 Å². The maximum Gasteiger partial charge on any atom is 0.410 e. The van der Waals surface area contributed by atoms with Crippen LogP contribution in [0.3, 0.4) is 0 Å². The molecule has 2 amide bonds. The van der Waals surface area contributed by atoms with Crippen LogP contribution in [0.2, 0.25) is 0 Å². The molecule has 0 aromatic carbocycles. The highest BCUT2D eigenvalue weighted by molar-refractivity contribution is 5.96. The van der Waals surface area contributed by atoms with Gasteiger partial charge in [-0.05, 0) is 34.7 Å². The van der Waals surface area contributed by atoms with E-state index in [9.17, 15) is 9.59 Å². The summed E-state index contributed by atoms with van der Waals surface area (Å²) in [5, 5.41) is 7.58. The van der Waals surface area contributed by atoms with Crippen LogP contribution in [-0.4, -0.2) is 58.0 Å². The number of amides is 2. The third-order valence-electron chi connectivity index (χ3n) is 4.67. The van der Waals surface area contributed by atoms with E-state index in [4.69, 9.17) is 4.74 Å². The summed E-state index contributed by atoms with van der Waals surface area (Å²) in [6, 6.07) is 0.127. The molecule has 138 valence electrons. The molecule has 25 heavy (non-hydrogen) atoms. The predicted molar refractivity (Wildman–Crippen MR) is 93.3 cm³/mol. The first-order chi connectivity index (χ1) is 11.7. The van der Waals surface area contributed by atoms with Crippen LogP contribution in [0.15, 0.2) is 6.20 Å². The molecular weight excluding hydrogens is 322 g/mol. The number of ether oxygens (including phenoxy) is 1. The number of nitrogens with one attached hydrogen (secondary N) is 1. The lowest BCUT2D eigenvalue weighted by molar-refractivity contribution is -0.117. The molecule has 1 saturated heterocycles. The maximum absolute atomic E-state index is 12.5. The lowest BCUT2D eigenvalue weighted by Crippen LogP contribution is -2.47. The Hall–Kier alpha value is -2.09. The molecular formula is C17H27N5O3. The third kappa shape index (κ3) is 3.49. The topological polar surface area (TPSA) is 79.7 Å². The van der Waals surface area contributed by atoms with Gasteiger partial charge in [-0.15, -0.1) is 0 Å². The van der Waals surface area contributed by atoms with Gasteiger partial charge >= 0.3 is 6.09 Å². The van der Waals surface area contributed by atoms with Gasteiger partial charge in [-0.1, -0.05) is 0 Å². The summed E-state index contributed by atoms with van der Waals surface area (Å²) in [7, 11) is 1.86. The van der Waals surface area contributed by atoms with Crippen molar-refractivity contribution in [3.05, 3.63) is 11.9 Å². The number of hydrogen-bond donors (Lipinski definition) is 1. The van der Waals surface area contributed by atoms with Crippen molar-refractivity contribution in [2.45, 2.75) is 64.9 Å². The molecule has 0 radical (unpaired) electrons. The molecule has 1 unspecified atom stereocenters. The summed E-state index contributed by atoms with van der Waals surface area (Å²) in [6.45, 7) is 9.15. The molecule has 1 fully saturated rings. The van der Waals surface area contributed by atoms with Crippen molar-refractivity contribution in [1.82, 2.24) is 20.0 Å². The molecule has 8 heteroatoms. The van der Waals surface area contributed by atoms with E-state index >= 15 is 0 Å². The highest BCUT2D eigenvalue weighted by Gasteiger charge is 2.37. The van der Waals surface area contributed by atoms with Crippen molar-refractivity contribution in [2.24, 2.45) is 0 Å². The van der Waals surface area contributed by atoms with Crippen LogP contribution in [0.4, 0.5) is 10.5 Å². The number of nitrogens with zero attached hydrogens (tertiary/aromatic N) is 4. The number of rotatable bonds is 2. The van der Waals surface area contributed by atoms with Gasteiger partial charge in [0.05, 0.1) is 36.7 Å². The normalized spacial score (nSPS) is 23.8. The van der Waals surface area contributed by atoms with Crippen molar-refractivity contribution in [2.75, 3.05) is 18.5 Å². The Morgan fingerprint density at radius 2 is 2.08 bits per heavy atom. The van der Waals surface area contributed by atoms with Crippen molar-refractivity contribution < 1.29 is 14.3 Å². The molecule has 0 saturated carbocycles. The van der Waals surface area contributed by atoms with E-state index in [1.54, 1.807) is 16.0 Å². The smallest absolute Gasteiger partial charge is 0.410 e. The van der Waals surface area contributed by atoms with Gasteiger partial charge < -0.3 is 15.0 Å². The first kappa shape index (κ1) is 17.7. The molecule has 1 aromatic heterocycles. The minimum atomic E-state index is -0.539. The van der Waals surface area contributed by atoms with Crippen LogP contribution in [0.5, 0.6) is 0 Å². The van der Waals surface area contributed by atoms with Gasteiger partial charge in [0, 0.05) is 19.0 Å². The molecule has 1 N–H and O–H groups in total. The molecule has 1 aromatic rings. The van der Waals surface area contributed by atoms with Gasteiger partial charge in [-0.25, -0.2) is 4.79 Å². The number of carbonyl (C=O) groups excluding carboxylic acids is 2. The molecule has 3 heterocycles. The van der Waals surface area contributed by atoms with Crippen LogP contribution in [0, 0.1) is 0 Å². The fourth-order valence-electron chi connectivity index (χ4n) is 3.31.